The maximum Gasteiger partial charge on any atom is 0.185 e. The predicted octanol–water partition coefficient (Wildman–Crippen LogP) is 2.96. The molecule has 0 amide bonds. The molecule has 0 saturated heterocycles. The second-order valence-corrected chi connectivity index (χ2v) is 5.67. The summed E-state index contributed by atoms with van der Waals surface area (Å²) in [5.41, 5.74) is 7.82. The Bertz CT molecular complexity index is 771. The molecule has 0 aliphatic rings. The molecule has 106 valence electrons. The molecule has 4 nitrogen and oxygen atoms in total. The van der Waals surface area contributed by atoms with Crippen LogP contribution in [0.5, 0.6) is 0 Å². The van der Waals surface area contributed by atoms with E-state index in [1.54, 1.807) is 6.92 Å². The number of aryl methyl sites for hydroxylation is 1. The van der Waals surface area contributed by atoms with Gasteiger partial charge in [-0.05, 0) is 31.5 Å². The molecule has 5 heteroatoms. The number of ketones is 1. The molecule has 0 aliphatic carbocycles. The molecule has 21 heavy (non-hydrogen) atoms. The fraction of sp³-hybridized carbons (Fsp3) is 0.188. The van der Waals surface area contributed by atoms with Gasteiger partial charge in [-0.25, -0.2) is 4.98 Å². The van der Waals surface area contributed by atoms with Crippen molar-refractivity contribution in [3.63, 3.8) is 0 Å². The fourth-order valence-electron chi connectivity index (χ4n) is 1.97. The van der Waals surface area contributed by atoms with Crippen molar-refractivity contribution in [2.75, 3.05) is 5.75 Å². The number of nitrogens with zero attached hydrogens (tertiary/aromatic N) is 2. The number of hydrogen-bond donors (Lipinski definition) is 1. The zero-order valence-electron chi connectivity index (χ0n) is 11.9. The van der Waals surface area contributed by atoms with Crippen LogP contribution >= 0.6 is 11.8 Å². The van der Waals surface area contributed by atoms with Crippen molar-refractivity contribution in [3.05, 3.63) is 47.2 Å². The summed E-state index contributed by atoms with van der Waals surface area (Å²) >= 11 is 1.32. The third-order valence-corrected chi connectivity index (χ3v) is 3.95. The number of fused-ring (bicyclic) bond motifs is 1. The number of aromatic nitrogens is 1. The summed E-state index contributed by atoms with van der Waals surface area (Å²) in [6, 6.07) is 11.7. The number of benzene rings is 1. The summed E-state index contributed by atoms with van der Waals surface area (Å²) < 4.78 is 0. The van der Waals surface area contributed by atoms with E-state index in [2.05, 4.69) is 4.98 Å². The third-order valence-electron chi connectivity index (χ3n) is 3.04. The first-order valence-electron chi connectivity index (χ1n) is 6.41. The van der Waals surface area contributed by atoms with Crippen LogP contribution in [-0.4, -0.2) is 16.5 Å². The zero-order chi connectivity index (χ0) is 15.4. The smallest absolute Gasteiger partial charge is 0.185 e. The molecule has 2 rings (SSSR count). The Hall–Kier alpha value is -2.32. The van der Waals surface area contributed by atoms with Gasteiger partial charge in [0, 0.05) is 11.1 Å². The Morgan fingerprint density at radius 2 is 2.14 bits per heavy atom. The lowest BCUT2D eigenvalue weighted by molar-refractivity contribution is -0.112. The minimum absolute atomic E-state index is 0.0278. The standard InChI is InChI=1S/C16H15N3OS/c1-10-7-16(19-14-6-4-3-5-12(10)14)21-9-15(20)13(8-17)11(2)18/h3-7H,9,18H2,1-2H3. The van der Waals surface area contributed by atoms with Crippen molar-refractivity contribution >= 4 is 28.4 Å². The number of pyridine rings is 1. The predicted molar refractivity (Wildman–Crippen MR) is 84.7 cm³/mol. The number of nitriles is 1. The Balaban J connectivity index is 2.20. The van der Waals surface area contributed by atoms with Crippen LogP contribution in [0.3, 0.4) is 0 Å². The minimum atomic E-state index is -0.268. The number of Topliss-reactive ketones (excluding diaryl/α,β-unsaturated/α-hetero) is 1. The van der Waals surface area contributed by atoms with Crippen LogP contribution in [0.25, 0.3) is 10.9 Å². The molecule has 0 fully saturated rings. The molecule has 0 atom stereocenters. The van der Waals surface area contributed by atoms with E-state index in [-0.39, 0.29) is 22.8 Å². The van der Waals surface area contributed by atoms with E-state index in [4.69, 9.17) is 11.0 Å². The van der Waals surface area contributed by atoms with Gasteiger partial charge in [-0.2, -0.15) is 5.26 Å². The summed E-state index contributed by atoms with van der Waals surface area (Å²) in [6.45, 7) is 3.57. The molecule has 0 spiro atoms. The number of allylic oxidation sites excluding steroid dienone is 2. The van der Waals surface area contributed by atoms with Crippen LogP contribution < -0.4 is 5.73 Å². The lowest BCUT2D eigenvalue weighted by Gasteiger charge is -2.06. The largest absolute Gasteiger partial charge is 0.401 e. The number of hydrogen-bond acceptors (Lipinski definition) is 5. The highest BCUT2D eigenvalue weighted by atomic mass is 32.2. The topological polar surface area (TPSA) is 79.8 Å². The highest BCUT2D eigenvalue weighted by molar-refractivity contribution is 7.99. The highest BCUT2D eigenvalue weighted by Gasteiger charge is 2.12. The summed E-state index contributed by atoms with van der Waals surface area (Å²) in [4.78, 5) is 16.4. The van der Waals surface area contributed by atoms with Crippen molar-refractivity contribution in [2.24, 2.45) is 5.73 Å². The quantitative estimate of drug-likeness (QED) is 0.533. The van der Waals surface area contributed by atoms with Gasteiger partial charge in [0.1, 0.15) is 11.6 Å². The van der Waals surface area contributed by atoms with Gasteiger partial charge >= 0.3 is 0 Å². The molecule has 1 aromatic carbocycles. The lowest BCUT2D eigenvalue weighted by Crippen LogP contribution is -2.10. The van der Waals surface area contributed by atoms with Crippen LogP contribution in [0.1, 0.15) is 12.5 Å². The Kier molecular flexibility index (Phi) is 4.61. The Morgan fingerprint density at radius 1 is 1.43 bits per heavy atom. The van der Waals surface area contributed by atoms with Crippen molar-refractivity contribution in [1.82, 2.24) is 4.98 Å². The van der Waals surface area contributed by atoms with E-state index >= 15 is 0 Å². The summed E-state index contributed by atoms with van der Waals surface area (Å²) in [6.07, 6.45) is 0. The minimum Gasteiger partial charge on any atom is -0.401 e. The Labute approximate surface area is 127 Å². The van der Waals surface area contributed by atoms with Crippen LogP contribution in [-0.2, 0) is 4.79 Å². The third kappa shape index (κ3) is 3.41. The fourth-order valence-corrected chi connectivity index (χ4v) is 2.82. The average Bonchev–Trinajstić information content (AvgIpc) is 2.45. The molecule has 2 N–H and O–H groups in total. The first-order valence-corrected chi connectivity index (χ1v) is 7.40. The van der Waals surface area contributed by atoms with E-state index in [0.717, 1.165) is 21.5 Å². The van der Waals surface area contributed by atoms with Gasteiger partial charge in [-0.1, -0.05) is 30.0 Å². The van der Waals surface area contributed by atoms with Crippen molar-refractivity contribution in [1.29, 1.82) is 5.26 Å². The first-order chi connectivity index (χ1) is 10.0. The molecule has 0 unspecified atom stereocenters. The van der Waals surface area contributed by atoms with Crippen LogP contribution in [0, 0.1) is 18.3 Å². The number of rotatable bonds is 4. The first kappa shape index (κ1) is 15.1. The van der Waals surface area contributed by atoms with E-state index in [0.29, 0.717) is 0 Å². The van der Waals surface area contributed by atoms with Gasteiger partial charge in [-0.3, -0.25) is 4.79 Å². The summed E-state index contributed by atoms with van der Waals surface area (Å²) in [7, 11) is 0. The number of nitrogens with two attached hydrogens (primary N) is 1. The number of thioether (sulfide) groups is 1. The molecule has 0 radical (unpaired) electrons. The van der Waals surface area contributed by atoms with Gasteiger partial charge in [0.25, 0.3) is 0 Å². The zero-order valence-corrected chi connectivity index (χ0v) is 12.7. The summed E-state index contributed by atoms with van der Waals surface area (Å²) in [5.74, 6) is -0.113. The molecule has 1 heterocycles. The molecule has 0 saturated carbocycles. The maximum absolute atomic E-state index is 11.9. The van der Waals surface area contributed by atoms with Crippen LogP contribution in [0.15, 0.2) is 46.6 Å². The van der Waals surface area contributed by atoms with Crippen molar-refractivity contribution in [2.45, 2.75) is 18.9 Å². The molecular weight excluding hydrogens is 282 g/mol. The normalized spacial score (nSPS) is 11.9. The van der Waals surface area contributed by atoms with E-state index < -0.39 is 0 Å². The van der Waals surface area contributed by atoms with E-state index in [1.165, 1.54) is 11.8 Å². The highest BCUT2D eigenvalue weighted by Crippen LogP contribution is 2.24. The average molecular weight is 297 g/mol. The summed E-state index contributed by atoms with van der Waals surface area (Å²) in [5, 5.41) is 10.8. The SMILES string of the molecule is CC(N)=C(C#N)C(=O)CSc1cc(C)c2ccccc2n1. The van der Waals surface area contributed by atoms with E-state index in [9.17, 15) is 4.79 Å². The number of carbonyl (C=O) groups excluding carboxylic acids is 1. The van der Waals surface area contributed by atoms with E-state index in [1.807, 2.05) is 43.3 Å². The molecule has 0 bridgehead atoms. The Morgan fingerprint density at radius 3 is 2.81 bits per heavy atom. The second-order valence-electron chi connectivity index (χ2n) is 4.68. The second kappa shape index (κ2) is 6.42. The molecule has 0 aliphatic heterocycles. The van der Waals surface area contributed by atoms with Gasteiger partial charge in [0.2, 0.25) is 0 Å². The number of carbonyl (C=O) groups is 1. The van der Waals surface area contributed by atoms with Crippen molar-refractivity contribution in [3.8, 4) is 6.07 Å². The number of para-hydroxylation sites is 1. The van der Waals surface area contributed by atoms with Crippen LogP contribution in [0.4, 0.5) is 0 Å². The van der Waals surface area contributed by atoms with Gasteiger partial charge in [0.15, 0.2) is 5.78 Å². The van der Waals surface area contributed by atoms with Crippen LogP contribution in [0.2, 0.25) is 0 Å². The lowest BCUT2D eigenvalue weighted by atomic mass is 10.1. The molecule has 1 aromatic heterocycles. The van der Waals surface area contributed by atoms with Gasteiger partial charge < -0.3 is 5.73 Å². The van der Waals surface area contributed by atoms with Crippen molar-refractivity contribution < 1.29 is 4.79 Å². The maximum atomic E-state index is 11.9. The van der Waals surface area contributed by atoms with Gasteiger partial charge in [-0.15, -0.1) is 0 Å². The van der Waals surface area contributed by atoms with Gasteiger partial charge in [0.05, 0.1) is 16.3 Å². The molecule has 2 aromatic rings. The monoisotopic (exact) mass is 297 g/mol. The molecular formula is C16H15N3OS.